The van der Waals surface area contributed by atoms with Gasteiger partial charge in [0.2, 0.25) is 5.91 Å². The zero-order chi connectivity index (χ0) is 15.5. The molecule has 1 aliphatic rings. The van der Waals surface area contributed by atoms with E-state index in [0.717, 1.165) is 16.3 Å². The number of aliphatic hydroxyl groups excluding tert-OH is 2. The molecule has 22 heavy (non-hydrogen) atoms. The number of carbonyl (C=O) groups excluding carboxylic acids is 1. The number of piperidine rings is 1. The van der Waals surface area contributed by atoms with Gasteiger partial charge in [-0.2, -0.15) is 0 Å². The Balaban J connectivity index is 1.68. The fraction of sp³-hybridized carbons (Fsp3) is 0.389. The summed E-state index contributed by atoms with van der Waals surface area (Å²) < 4.78 is 0. The Morgan fingerprint density at radius 2 is 1.95 bits per heavy atom. The van der Waals surface area contributed by atoms with Crippen LogP contribution in [0.5, 0.6) is 0 Å². The van der Waals surface area contributed by atoms with Gasteiger partial charge >= 0.3 is 0 Å². The molecule has 4 heteroatoms. The maximum Gasteiger partial charge on any atom is 0.227 e. The molecule has 4 nitrogen and oxygen atoms in total. The Morgan fingerprint density at radius 3 is 2.68 bits per heavy atom. The van der Waals surface area contributed by atoms with E-state index in [1.807, 2.05) is 36.4 Å². The zero-order valence-electron chi connectivity index (χ0n) is 12.5. The highest BCUT2D eigenvalue weighted by Crippen LogP contribution is 2.20. The standard InChI is InChI=1S/C18H21NO3/c20-12-16-7-8-19(11-17(16)21)18(22)10-13-5-6-14-3-1-2-4-15(14)9-13/h1-6,9,16-17,20-21H,7-8,10-12H2/t16-,17-/m1/s1. The third kappa shape index (κ3) is 3.13. The van der Waals surface area contributed by atoms with Crippen molar-refractivity contribution < 1.29 is 15.0 Å². The van der Waals surface area contributed by atoms with Crippen LogP contribution in [0.2, 0.25) is 0 Å². The summed E-state index contributed by atoms with van der Waals surface area (Å²) in [5.41, 5.74) is 0.988. The first kappa shape index (κ1) is 15.0. The van der Waals surface area contributed by atoms with Gasteiger partial charge in [-0.05, 0) is 22.8 Å². The fourth-order valence-corrected chi connectivity index (χ4v) is 3.05. The number of carbonyl (C=O) groups is 1. The van der Waals surface area contributed by atoms with Crippen LogP contribution >= 0.6 is 0 Å². The Bertz CT molecular complexity index is 670. The van der Waals surface area contributed by atoms with Crippen LogP contribution in [0.15, 0.2) is 42.5 Å². The first-order chi connectivity index (χ1) is 10.7. The molecule has 0 aliphatic carbocycles. The Hall–Kier alpha value is -1.91. The summed E-state index contributed by atoms with van der Waals surface area (Å²) in [7, 11) is 0. The largest absolute Gasteiger partial charge is 0.396 e. The Morgan fingerprint density at radius 1 is 1.18 bits per heavy atom. The molecule has 3 rings (SSSR count). The molecule has 0 saturated carbocycles. The van der Waals surface area contributed by atoms with Crippen molar-refractivity contribution in [3.63, 3.8) is 0 Å². The minimum Gasteiger partial charge on any atom is -0.396 e. The van der Waals surface area contributed by atoms with Gasteiger partial charge in [0, 0.05) is 25.6 Å². The lowest BCUT2D eigenvalue weighted by Crippen LogP contribution is -2.48. The van der Waals surface area contributed by atoms with Gasteiger partial charge in [-0.3, -0.25) is 4.79 Å². The first-order valence-electron chi connectivity index (χ1n) is 7.72. The van der Waals surface area contributed by atoms with Gasteiger partial charge in [0.1, 0.15) is 0 Å². The smallest absolute Gasteiger partial charge is 0.227 e. The average molecular weight is 299 g/mol. The minimum absolute atomic E-state index is 0.0200. The maximum atomic E-state index is 12.4. The lowest BCUT2D eigenvalue weighted by atomic mass is 9.94. The van der Waals surface area contributed by atoms with E-state index in [1.165, 1.54) is 0 Å². The molecule has 0 bridgehead atoms. The van der Waals surface area contributed by atoms with Crippen LogP contribution in [0.3, 0.4) is 0 Å². The van der Waals surface area contributed by atoms with Crippen LogP contribution in [0, 0.1) is 5.92 Å². The average Bonchev–Trinajstić information content (AvgIpc) is 2.54. The van der Waals surface area contributed by atoms with Gasteiger partial charge in [-0.25, -0.2) is 0 Å². The molecule has 2 aromatic rings. The number of benzene rings is 2. The number of hydrogen-bond acceptors (Lipinski definition) is 3. The summed E-state index contributed by atoms with van der Waals surface area (Å²) in [5, 5.41) is 21.4. The maximum absolute atomic E-state index is 12.4. The van der Waals surface area contributed by atoms with Crippen LogP contribution in [-0.2, 0) is 11.2 Å². The highest BCUT2D eigenvalue weighted by Gasteiger charge is 2.29. The third-order valence-corrected chi connectivity index (χ3v) is 4.48. The van der Waals surface area contributed by atoms with Crippen molar-refractivity contribution in [2.24, 2.45) is 5.92 Å². The molecule has 0 radical (unpaired) electrons. The fourth-order valence-electron chi connectivity index (χ4n) is 3.05. The molecule has 2 atom stereocenters. The summed E-state index contributed by atoms with van der Waals surface area (Å²) in [6.45, 7) is 0.903. The number of rotatable bonds is 3. The number of hydrogen-bond donors (Lipinski definition) is 2. The number of amides is 1. The number of β-amino-alcohol motifs (C(OH)–C–C–N with tert-alkyl or cyclic N) is 1. The van der Waals surface area contributed by atoms with Crippen molar-refractivity contribution in [2.45, 2.75) is 18.9 Å². The van der Waals surface area contributed by atoms with Gasteiger partial charge in [-0.15, -0.1) is 0 Å². The van der Waals surface area contributed by atoms with Crippen molar-refractivity contribution in [2.75, 3.05) is 19.7 Å². The third-order valence-electron chi connectivity index (χ3n) is 4.48. The summed E-state index contributed by atoms with van der Waals surface area (Å²) in [4.78, 5) is 14.1. The highest BCUT2D eigenvalue weighted by molar-refractivity contribution is 5.85. The summed E-state index contributed by atoms with van der Waals surface area (Å²) in [5.74, 6) is -0.0737. The van der Waals surface area contributed by atoms with Crippen molar-refractivity contribution in [1.82, 2.24) is 4.90 Å². The van der Waals surface area contributed by atoms with Crippen LogP contribution in [0.25, 0.3) is 10.8 Å². The second kappa shape index (κ2) is 6.46. The number of fused-ring (bicyclic) bond motifs is 1. The van der Waals surface area contributed by atoms with Crippen molar-refractivity contribution in [3.05, 3.63) is 48.0 Å². The lowest BCUT2D eigenvalue weighted by Gasteiger charge is -2.35. The van der Waals surface area contributed by atoms with E-state index in [0.29, 0.717) is 25.9 Å². The van der Waals surface area contributed by atoms with E-state index in [9.17, 15) is 9.90 Å². The monoisotopic (exact) mass is 299 g/mol. The van der Waals surface area contributed by atoms with E-state index in [4.69, 9.17) is 5.11 Å². The van der Waals surface area contributed by atoms with Crippen molar-refractivity contribution in [3.8, 4) is 0 Å². The molecule has 1 saturated heterocycles. The van der Waals surface area contributed by atoms with Crippen LogP contribution in [0.1, 0.15) is 12.0 Å². The molecule has 0 unspecified atom stereocenters. The molecule has 0 aromatic heterocycles. The summed E-state index contributed by atoms with van der Waals surface area (Å²) in [6.07, 6.45) is 0.377. The van der Waals surface area contributed by atoms with Gasteiger partial charge in [0.05, 0.1) is 12.5 Å². The second-order valence-corrected chi connectivity index (χ2v) is 6.00. The molecule has 2 aromatic carbocycles. The van der Waals surface area contributed by atoms with Gasteiger partial charge < -0.3 is 15.1 Å². The Labute approximate surface area is 130 Å². The molecule has 0 spiro atoms. The molecule has 116 valence electrons. The lowest BCUT2D eigenvalue weighted by molar-refractivity contribution is -0.135. The van der Waals surface area contributed by atoms with Gasteiger partial charge in [0.25, 0.3) is 0 Å². The van der Waals surface area contributed by atoms with Gasteiger partial charge in [0.15, 0.2) is 0 Å². The van der Waals surface area contributed by atoms with E-state index < -0.39 is 6.10 Å². The molecule has 1 heterocycles. The predicted octanol–water partition coefficient (Wildman–Crippen LogP) is 1.58. The number of nitrogens with zero attached hydrogens (tertiary/aromatic N) is 1. The second-order valence-electron chi connectivity index (χ2n) is 6.00. The van der Waals surface area contributed by atoms with E-state index in [2.05, 4.69) is 6.07 Å². The molecular weight excluding hydrogens is 278 g/mol. The predicted molar refractivity (Wildman–Crippen MR) is 85.4 cm³/mol. The molecule has 1 fully saturated rings. The molecule has 1 aliphatic heterocycles. The normalized spacial score (nSPS) is 22.0. The molecule has 2 N–H and O–H groups in total. The number of likely N-dealkylation sites (tertiary alicyclic amines) is 1. The number of aliphatic hydroxyl groups is 2. The van der Waals surface area contributed by atoms with Crippen molar-refractivity contribution >= 4 is 16.7 Å². The molecular formula is C18H21NO3. The highest BCUT2D eigenvalue weighted by atomic mass is 16.3. The van der Waals surface area contributed by atoms with Crippen molar-refractivity contribution in [1.29, 1.82) is 0 Å². The van der Waals surface area contributed by atoms with Crippen LogP contribution < -0.4 is 0 Å². The summed E-state index contributed by atoms with van der Waals surface area (Å²) >= 11 is 0. The SMILES string of the molecule is O=C(Cc1ccc2ccccc2c1)N1CC[C@H](CO)[C@H](O)C1. The molecule has 1 amide bonds. The zero-order valence-corrected chi connectivity index (χ0v) is 12.5. The quantitative estimate of drug-likeness (QED) is 0.904. The Kier molecular flexibility index (Phi) is 4.41. The van der Waals surface area contributed by atoms with E-state index in [1.54, 1.807) is 4.90 Å². The minimum atomic E-state index is -0.626. The van der Waals surface area contributed by atoms with E-state index >= 15 is 0 Å². The van der Waals surface area contributed by atoms with Crippen LogP contribution in [-0.4, -0.2) is 46.8 Å². The van der Waals surface area contributed by atoms with Gasteiger partial charge in [-0.1, -0.05) is 42.5 Å². The summed E-state index contributed by atoms with van der Waals surface area (Å²) in [6, 6.07) is 14.1. The topological polar surface area (TPSA) is 60.8 Å². The first-order valence-corrected chi connectivity index (χ1v) is 7.72. The van der Waals surface area contributed by atoms with Crippen LogP contribution in [0.4, 0.5) is 0 Å². The van der Waals surface area contributed by atoms with E-state index in [-0.39, 0.29) is 18.4 Å².